The summed E-state index contributed by atoms with van der Waals surface area (Å²) < 4.78 is 10.3. The molecule has 5 nitrogen and oxygen atoms in total. The molecule has 2 atom stereocenters. The molecule has 0 saturated heterocycles. The molecular weight excluding hydrogens is 414 g/mol. The number of hydrogen-bond donors (Lipinski definition) is 1. The van der Waals surface area contributed by atoms with E-state index in [-0.39, 0.29) is 11.7 Å². The maximum Gasteiger partial charge on any atom is 0.336 e. The Morgan fingerprint density at radius 3 is 2.42 bits per heavy atom. The Morgan fingerprint density at radius 1 is 1.06 bits per heavy atom. The number of ether oxygens (including phenoxy) is 2. The Balaban J connectivity index is 1.79. The van der Waals surface area contributed by atoms with Crippen LogP contribution in [0.5, 0.6) is 5.75 Å². The van der Waals surface area contributed by atoms with Gasteiger partial charge in [0.25, 0.3) is 0 Å². The summed E-state index contributed by atoms with van der Waals surface area (Å²) in [4.78, 5) is 26.1. The number of Topliss-reactive ketones (excluding diaryl/α,β-unsaturated/α-hetero) is 1. The fourth-order valence-electron chi connectivity index (χ4n) is 4.55. The molecule has 31 heavy (non-hydrogen) atoms. The van der Waals surface area contributed by atoms with E-state index in [1.165, 1.54) is 7.11 Å². The van der Waals surface area contributed by atoms with Gasteiger partial charge in [-0.1, -0.05) is 41.9 Å². The molecule has 4 rings (SSSR count). The van der Waals surface area contributed by atoms with E-state index in [9.17, 15) is 9.59 Å². The molecule has 1 aliphatic carbocycles. The van der Waals surface area contributed by atoms with Crippen LogP contribution in [0.25, 0.3) is 0 Å². The van der Waals surface area contributed by atoms with Crippen molar-refractivity contribution in [3.63, 3.8) is 0 Å². The molecule has 160 valence electrons. The zero-order valence-corrected chi connectivity index (χ0v) is 18.5. The normalized spacial score (nSPS) is 20.8. The summed E-state index contributed by atoms with van der Waals surface area (Å²) in [6.07, 6.45) is 1.03. The number of rotatable bonds is 4. The van der Waals surface area contributed by atoms with E-state index in [2.05, 4.69) is 5.32 Å². The van der Waals surface area contributed by atoms with Gasteiger partial charge in [-0.25, -0.2) is 4.79 Å². The summed E-state index contributed by atoms with van der Waals surface area (Å²) >= 11 is 6.51. The molecular formula is C25H24ClNO4. The van der Waals surface area contributed by atoms with Crippen molar-refractivity contribution in [3.8, 4) is 5.75 Å². The van der Waals surface area contributed by atoms with E-state index in [1.54, 1.807) is 13.2 Å². The lowest BCUT2D eigenvalue weighted by atomic mass is 9.71. The minimum atomic E-state index is -0.554. The summed E-state index contributed by atoms with van der Waals surface area (Å²) in [7, 11) is 2.98. The monoisotopic (exact) mass is 437 g/mol. The molecule has 0 bridgehead atoms. The quantitative estimate of drug-likeness (QED) is 0.690. The van der Waals surface area contributed by atoms with Crippen molar-refractivity contribution in [2.75, 3.05) is 14.2 Å². The fourth-order valence-corrected chi connectivity index (χ4v) is 4.80. The summed E-state index contributed by atoms with van der Waals surface area (Å²) in [5.41, 5.74) is 4.35. The highest BCUT2D eigenvalue weighted by molar-refractivity contribution is 6.31. The molecule has 0 fully saturated rings. The Bertz CT molecular complexity index is 1100. The van der Waals surface area contributed by atoms with Gasteiger partial charge in [-0.2, -0.15) is 0 Å². The second-order valence-corrected chi connectivity index (χ2v) is 8.21. The largest absolute Gasteiger partial charge is 0.497 e. The SMILES string of the molecule is COC(=O)C1=C(C)NC2=C(C(=O)C[C@@H](c3ccc(OC)cc3)C2)[C@H]1c1ccccc1Cl. The van der Waals surface area contributed by atoms with E-state index < -0.39 is 11.9 Å². The molecule has 0 unspecified atom stereocenters. The first-order chi connectivity index (χ1) is 14.9. The number of carbonyl (C=O) groups is 2. The number of methoxy groups -OCH3 is 2. The number of dihydropyridines is 1. The third-order valence-electron chi connectivity index (χ3n) is 6.04. The number of nitrogens with one attached hydrogen (secondary N) is 1. The number of benzene rings is 2. The minimum Gasteiger partial charge on any atom is -0.497 e. The van der Waals surface area contributed by atoms with Crippen LogP contribution in [0, 0.1) is 0 Å². The number of hydrogen-bond acceptors (Lipinski definition) is 5. The summed E-state index contributed by atoms with van der Waals surface area (Å²) in [6, 6.07) is 15.1. The van der Waals surface area contributed by atoms with Gasteiger partial charge in [0, 0.05) is 34.3 Å². The summed E-state index contributed by atoms with van der Waals surface area (Å²) in [6.45, 7) is 1.83. The van der Waals surface area contributed by atoms with Crippen molar-refractivity contribution in [2.24, 2.45) is 0 Å². The van der Waals surface area contributed by atoms with E-state index >= 15 is 0 Å². The average molecular weight is 438 g/mol. The average Bonchev–Trinajstić information content (AvgIpc) is 2.78. The number of halogens is 1. The number of allylic oxidation sites excluding steroid dienone is 3. The van der Waals surface area contributed by atoms with Gasteiger partial charge in [0.1, 0.15) is 5.75 Å². The van der Waals surface area contributed by atoms with Gasteiger partial charge in [0.05, 0.1) is 19.8 Å². The van der Waals surface area contributed by atoms with Crippen molar-refractivity contribution in [1.29, 1.82) is 0 Å². The zero-order chi connectivity index (χ0) is 22.1. The molecule has 1 N–H and O–H groups in total. The Morgan fingerprint density at radius 2 is 1.77 bits per heavy atom. The first-order valence-corrected chi connectivity index (χ1v) is 10.5. The van der Waals surface area contributed by atoms with Gasteiger partial charge >= 0.3 is 5.97 Å². The molecule has 2 aromatic carbocycles. The van der Waals surface area contributed by atoms with Crippen LogP contribution >= 0.6 is 11.6 Å². The number of esters is 1. The van der Waals surface area contributed by atoms with Gasteiger partial charge in [-0.05, 0) is 48.6 Å². The van der Waals surface area contributed by atoms with Crippen molar-refractivity contribution in [1.82, 2.24) is 5.32 Å². The highest BCUT2D eigenvalue weighted by Crippen LogP contribution is 2.47. The molecule has 0 amide bonds. The van der Waals surface area contributed by atoms with Crippen LogP contribution in [0.4, 0.5) is 0 Å². The Kier molecular flexibility index (Phi) is 5.88. The molecule has 0 aromatic heterocycles. The maximum atomic E-state index is 13.5. The molecule has 2 aliphatic rings. The minimum absolute atomic E-state index is 0.00777. The van der Waals surface area contributed by atoms with Crippen LogP contribution in [0.2, 0.25) is 5.02 Å². The summed E-state index contributed by atoms with van der Waals surface area (Å²) in [5, 5.41) is 3.84. The molecule has 1 aliphatic heterocycles. The van der Waals surface area contributed by atoms with Crippen molar-refractivity contribution in [3.05, 3.63) is 87.2 Å². The molecule has 2 aromatic rings. The molecule has 0 spiro atoms. The lowest BCUT2D eigenvalue weighted by Gasteiger charge is -2.36. The van der Waals surface area contributed by atoms with Gasteiger partial charge in [-0.15, -0.1) is 0 Å². The van der Waals surface area contributed by atoms with E-state index in [0.29, 0.717) is 34.7 Å². The standard InChI is InChI=1S/C25H24ClNO4/c1-14-22(25(29)31-3)23(18-6-4-5-7-19(18)26)24-20(27-14)12-16(13-21(24)28)15-8-10-17(30-2)11-9-15/h4-11,16,23,27H,12-13H2,1-3H3/t16-,23-/m0/s1. The van der Waals surface area contributed by atoms with Gasteiger partial charge in [-0.3, -0.25) is 4.79 Å². The van der Waals surface area contributed by atoms with Crippen LogP contribution in [0.3, 0.4) is 0 Å². The molecule has 6 heteroatoms. The highest BCUT2D eigenvalue weighted by atomic mass is 35.5. The van der Waals surface area contributed by atoms with Crippen LogP contribution in [0.15, 0.2) is 71.1 Å². The van der Waals surface area contributed by atoms with E-state index in [0.717, 1.165) is 22.6 Å². The van der Waals surface area contributed by atoms with Gasteiger partial charge in [0.15, 0.2) is 5.78 Å². The number of carbonyl (C=O) groups excluding carboxylic acids is 2. The smallest absolute Gasteiger partial charge is 0.336 e. The second kappa shape index (κ2) is 8.60. The number of ketones is 1. The maximum absolute atomic E-state index is 13.5. The van der Waals surface area contributed by atoms with E-state index in [1.807, 2.05) is 49.4 Å². The van der Waals surface area contributed by atoms with Crippen LogP contribution in [-0.2, 0) is 14.3 Å². The van der Waals surface area contributed by atoms with Crippen LogP contribution < -0.4 is 10.1 Å². The Labute approximate surface area is 186 Å². The first kappa shape index (κ1) is 21.2. The molecule has 0 radical (unpaired) electrons. The van der Waals surface area contributed by atoms with Crippen LogP contribution in [-0.4, -0.2) is 26.0 Å². The Hall–Kier alpha value is -3.05. The highest BCUT2D eigenvalue weighted by Gasteiger charge is 2.41. The van der Waals surface area contributed by atoms with E-state index in [4.69, 9.17) is 21.1 Å². The predicted octanol–water partition coefficient (Wildman–Crippen LogP) is 4.88. The molecule has 1 heterocycles. The predicted molar refractivity (Wildman–Crippen MR) is 119 cm³/mol. The van der Waals surface area contributed by atoms with Crippen molar-refractivity contribution < 1.29 is 19.1 Å². The third-order valence-corrected chi connectivity index (χ3v) is 6.38. The zero-order valence-electron chi connectivity index (χ0n) is 17.7. The third kappa shape index (κ3) is 3.86. The molecule has 0 saturated carbocycles. The first-order valence-electron chi connectivity index (χ1n) is 10.1. The van der Waals surface area contributed by atoms with Crippen molar-refractivity contribution in [2.45, 2.75) is 31.6 Å². The van der Waals surface area contributed by atoms with Crippen LogP contribution in [0.1, 0.15) is 42.7 Å². The van der Waals surface area contributed by atoms with Gasteiger partial charge in [0.2, 0.25) is 0 Å². The topological polar surface area (TPSA) is 64.6 Å². The van der Waals surface area contributed by atoms with Crippen molar-refractivity contribution >= 4 is 23.4 Å². The lowest BCUT2D eigenvalue weighted by Crippen LogP contribution is -2.36. The lowest BCUT2D eigenvalue weighted by molar-refractivity contribution is -0.136. The second-order valence-electron chi connectivity index (χ2n) is 7.80. The fraction of sp³-hybridized carbons (Fsp3) is 0.280. The van der Waals surface area contributed by atoms with Gasteiger partial charge < -0.3 is 14.8 Å². The summed E-state index contributed by atoms with van der Waals surface area (Å²) in [5.74, 6) is -0.187.